The Labute approximate surface area is 158 Å². The Morgan fingerprint density at radius 1 is 1.11 bits per heavy atom. The molecule has 6 nitrogen and oxygen atoms in total. The Morgan fingerprint density at radius 3 is 2.59 bits per heavy atom. The number of phenolic OH excluding ortho intramolecular Hbond substituents is 1. The standard InChI is InChI=1S/C21H23N3O3/c1-3-7-16-9-6-10-17(21(16)27)14-22-24-20(26)13-12-19(25)23-18-11-5-4-8-15(18)2/h3-6,8-11,14,27H,1,7,12-13H2,2H3,(H,23,25)(H,24,26). The van der Waals surface area contributed by atoms with Crippen LogP contribution in [0.5, 0.6) is 5.75 Å². The second-order valence-corrected chi connectivity index (χ2v) is 6.00. The van der Waals surface area contributed by atoms with Gasteiger partial charge in [0.25, 0.3) is 0 Å². The van der Waals surface area contributed by atoms with Crippen LogP contribution in [-0.2, 0) is 16.0 Å². The second kappa shape index (κ2) is 9.91. The molecule has 0 bridgehead atoms. The summed E-state index contributed by atoms with van der Waals surface area (Å²) in [5.41, 5.74) is 5.27. The van der Waals surface area contributed by atoms with E-state index in [0.717, 1.165) is 16.8 Å². The highest BCUT2D eigenvalue weighted by Crippen LogP contribution is 2.21. The van der Waals surface area contributed by atoms with Gasteiger partial charge in [-0.15, -0.1) is 6.58 Å². The topological polar surface area (TPSA) is 90.8 Å². The van der Waals surface area contributed by atoms with Gasteiger partial charge in [-0.05, 0) is 36.6 Å². The monoisotopic (exact) mass is 365 g/mol. The molecule has 0 unspecified atom stereocenters. The summed E-state index contributed by atoms with van der Waals surface area (Å²) in [6, 6.07) is 12.7. The van der Waals surface area contributed by atoms with Gasteiger partial charge in [0, 0.05) is 24.1 Å². The van der Waals surface area contributed by atoms with E-state index < -0.39 is 0 Å². The molecule has 140 valence electrons. The first-order valence-electron chi connectivity index (χ1n) is 8.60. The van der Waals surface area contributed by atoms with E-state index in [1.54, 1.807) is 24.3 Å². The van der Waals surface area contributed by atoms with Gasteiger partial charge in [0.1, 0.15) is 5.75 Å². The quantitative estimate of drug-likeness (QED) is 0.381. The van der Waals surface area contributed by atoms with E-state index in [1.165, 1.54) is 6.21 Å². The lowest BCUT2D eigenvalue weighted by Gasteiger charge is -2.07. The number of aromatic hydroxyl groups is 1. The van der Waals surface area contributed by atoms with Crippen LogP contribution in [0.25, 0.3) is 0 Å². The zero-order chi connectivity index (χ0) is 19.6. The molecule has 27 heavy (non-hydrogen) atoms. The number of amides is 2. The number of carbonyl (C=O) groups excluding carboxylic acids is 2. The van der Waals surface area contributed by atoms with Gasteiger partial charge in [-0.2, -0.15) is 5.10 Å². The molecule has 0 heterocycles. The molecule has 2 rings (SSSR count). The van der Waals surface area contributed by atoms with Crippen molar-refractivity contribution >= 4 is 23.7 Å². The first-order valence-corrected chi connectivity index (χ1v) is 8.60. The fourth-order valence-corrected chi connectivity index (χ4v) is 2.42. The first-order chi connectivity index (χ1) is 13.0. The summed E-state index contributed by atoms with van der Waals surface area (Å²) in [6.45, 7) is 5.54. The number of nitrogens with zero attached hydrogens (tertiary/aromatic N) is 1. The lowest BCUT2D eigenvalue weighted by atomic mass is 10.1. The van der Waals surface area contributed by atoms with E-state index in [1.807, 2.05) is 31.2 Å². The summed E-state index contributed by atoms with van der Waals surface area (Å²) in [5, 5.41) is 16.7. The number of anilines is 1. The SMILES string of the molecule is C=CCc1cccc(C=NNC(=O)CCC(=O)Nc2ccccc2C)c1O. The predicted molar refractivity (Wildman–Crippen MR) is 107 cm³/mol. The van der Waals surface area contributed by atoms with Gasteiger partial charge >= 0.3 is 0 Å². The fourth-order valence-electron chi connectivity index (χ4n) is 2.42. The van der Waals surface area contributed by atoms with Crippen LogP contribution >= 0.6 is 0 Å². The molecule has 0 atom stereocenters. The van der Waals surface area contributed by atoms with E-state index >= 15 is 0 Å². The minimum atomic E-state index is -0.382. The van der Waals surface area contributed by atoms with Crippen LogP contribution in [0.3, 0.4) is 0 Å². The summed E-state index contributed by atoms with van der Waals surface area (Å²) in [7, 11) is 0. The normalized spacial score (nSPS) is 10.6. The predicted octanol–water partition coefficient (Wildman–Crippen LogP) is 3.30. The van der Waals surface area contributed by atoms with Crippen LogP contribution in [0, 0.1) is 6.92 Å². The maximum atomic E-state index is 11.9. The molecule has 0 spiro atoms. The summed E-state index contributed by atoms with van der Waals surface area (Å²) in [6.07, 6.45) is 3.66. The third-order valence-corrected chi connectivity index (χ3v) is 3.91. The van der Waals surface area contributed by atoms with Crippen molar-refractivity contribution in [3.05, 3.63) is 71.8 Å². The molecule has 3 N–H and O–H groups in total. The van der Waals surface area contributed by atoms with Gasteiger partial charge < -0.3 is 10.4 Å². The zero-order valence-electron chi connectivity index (χ0n) is 15.2. The number of hydrazone groups is 1. The zero-order valence-corrected chi connectivity index (χ0v) is 15.2. The summed E-state index contributed by atoms with van der Waals surface area (Å²) < 4.78 is 0. The summed E-state index contributed by atoms with van der Waals surface area (Å²) in [4.78, 5) is 23.8. The van der Waals surface area contributed by atoms with Crippen LogP contribution in [0.15, 0.2) is 60.2 Å². The van der Waals surface area contributed by atoms with E-state index in [-0.39, 0.29) is 30.4 Å². The molecule has 0 aliphatic rings. The van der Waals surface area contributed by atoms with Crippen molar-refractivity contribution in [2.45, 2.75) is 26.2 Å². The molecule has 2 amide bonds. The number of allylic oxidation sites excluding steroid dienone is 1. The van der Waals surface area contributed by atoms with Gasteiger partial charge in [0.2, 0.25) is 11.8 Å². The molecule has 0 aliphatic heterocycles. The number of para-hydroxylation sites is 2. The van der Waals surface area contributed by atoms with Crippen LogP contribution in [-0.4, -0.2) is 23.1 Å². The van der Waals surface area contributed by atoms with Crippen LogP contribution < -0.4 is 10.7 Å². The van der Waals surface area contributed by atoms with Crippen molar-refractivity contribution in [3.63, 3.8) is 0 Å². The summed E-state index contributed by atoms with van der Waals surface area (Å²) in [5.74, 6) is -0.515. The van der Waals surface area contributed by atoms with Gasteiger partial charge in [0.05, 0.1) is 6.21 Å². The second-order valence-electron chi connectivity index (χ2n) is 6.00. The molecule has 2 aromatic carbocycles. The first kappa shape index (κ1) is 19.9. The number of rotatable bonds is 8. The molecule has 0 aromatic heterocycles. The highest BCUT2D eigenvalue weighted by Gasteiger charge is 2.08. The van der Waals surface area contributed by atoms with Crippen molar-refractivity contribution in [2.75, 3.05) is 5.32 Å². The van der Waals surface area contributed by atoms with Gasteiger partial charge in [-0.3, -0.25) is 9.59 Å². The Balaban J connectivity index is 1.82. The lowest BCUT2D eigenvalue weighted by molar-refractivity contribution is -0.124. The van der Waals surface area contributed by atoms with E-state index in [2.05, 4.69) is 22.4 Å². The Kier molecular flexibility index (Phi) is 7.31. The smallest absolute Gasteiger partial charge is 0.240 e. The number of phenols is 1. The summed E-state index contributed by atoms with van der Waals surface area (Å²) >= 11 is 0. The number of carbonyl (C=O) groups is 2. The Bertz CT molecular complexity index is 860. The largest absolute Gasteiger partial charge is 0.507 e. The Morgan fingerprint density at radius 2 is 1.85 bits per heavy atom. The molecule has 6 heteroatoms. The van der Waals surface area contributed by atoms with Crippen molar-refractivity contribution in [1.29, 1.82) is 0 Å². The highest BCUT2D eigenvalue weighted by atomic mass is 16.3. The lowest BCUT2D eigenvalue weighted by Crippen LogP contribution is -2.20. The minimum Gasteiger partial charge on any atom is -0.507 e. The van der Waals surface area contributed by atoms with Gasteiger partial charge in [-0.25, -0.2) is 5.43 Å². The van der Waals surface area contributed by atoms with Crippen molar-refractivity contribution < 1.29 is 14.7 Å². The maximum absolute atomic E-state index is 11.9. The molecule has 0 fully saturated rings. The number of aryl methyl sites for hydroxylation is 1. The number of hydrogen-bond acceptors (Lipinski definition) is 4. The van der Waals surface area contributed by atoms with Crippen molar-refractivity contribution in [3.8, 4) is 5.75 Å². The molecule has 0 aliphatic carbocycles. The number of hydrogen-bond donors (Lipinski definition) is 3. The molecular formula is C21H23N3O3. The number of benzene rings is 2. The van der Waals surface area contributed by atoms with E-state index in [9.17, 15) is 14.7 Å². The van der Waals surface area contributed by atoms with Crippen molar-refractivity contribution in [2.24, 2.45) is 5.10 Å². The van der Waals surface area contributed by atoms with E-state index in [0.29, 0.717) is 12.0 Å². The van der Waals surface area contributed by atoms with E-state index in [4.69, 9.17) is 0 Å². The average Bonchev–Trinajstić information content (AvgIpc) is 2.65. The minimum absolute atomic E-state index is 0.0114. The third-order valence-electron chi connectivity index (χ3n) is 3.91. The Hall–Kier alpha value is -3.41. The average molecular weight is 365 g/mol. The highest BCUT2D eigenvalue weighted by molar-refractivity contribution is 5.94. The third kappa shape index (κ3) is 6.11. The van der Waals surface area contributed by atoms with Gasteiger partial charge in [-0.1, -0.05) is 36.4 Å². The van der Waals surface area contributed by atoms with Crippen LogP contribution in [0.4, 0.5) is 5.69 Å². The number of nitrogens with one attached hydrogen (secondary N) is 2. The fraction of sp³-hybridized carbons (Fsp3) is 0.190. The van der Waals surface area contributed by atoms with Crippen LogP contribution in [0.1, 0.15) is 29.5 Å². The molecule has 2 aromatic rings. The molecule has 0 saturated heterocycles. The molecule has 0 saturated carbocycles. The maximum Gasteiger partial charge on any atom is 0.240 e. The van der Waals surface area contributed by atoms with Gasteiger partial charge in [0.15, 0.2) is 0 Å². The van der Waals surface area contributed by atoms with Crippen molar-refractivity contribution in [1.82, 2.24) is 5.43 Å². The molecule has 0 radical (unpaired) electrons. The molecular weight excluding hydrogens is 342 g/mol. The van der Waals surface area contributed by atoms with Crippen LogP contribution in [0.2, 0.25) is 0 Å².